The molecule has 0 aromatic carbocycles. The second-order valence-corrected chi connectivity index (χ2v) is 3.22. The molecule has 0 radical (unpaired) electrons. The zero-order valence-corrected chi connectivity index (χ0v) is 7.64. The number of halogens is 5. The molecule has 1 aromatic heterocycles. The van der Waals surface area contributed by atoms with E-state index in [1.54, 1.807) is 0 Å². The van der Waals surface area contributed by atoms with Crippen molar-refractivity contribution in [3.8, 4) is 0 Å². The van der Waals surface area contributed by atoms with E-state index in [9.17, 15) is 17.6 Å². The third-order valence-corrected chi connectivity index (χ3v) is 2.17. The molecule has 2 rings (SSSR count). The van der Waals surface area contributed by atoms with Gasteiger partial charge in [-0.2, -0.15) is 13.2 Å². The minimum Gasteiger partial charge on any atom is -0.241 e. The van der Waals surface area contributed by atoms with Crippen LogP contribution < -0.4 is 0 Å². The fourth-order valence-electron chi connectivity index (χ4n) is 1.05. The Labute approximate surface area is 85.8 Å². The van der Waals surface area contributed by atoms with Gasteiger partial charge >= 0.3 is 11.8 Å². The van der Waals surface area contributed by atoms with Gasteiger partial charge in [0.05, 0.1) is 0 Å². The van der Waals surface area contributed by atoms with E-state index in [4.69, 9.17) is 11.6 Å². The van der Waals surface area contributed by atoms with Crippen LogP contribution in [0.4, 0.5) is 17.6 Å². The Morgan fingerprint density at radius 1 is 1.27 bits per heavy atom. The topological polar surface area (TPSA) is 37.6 Å². The second-order valence-electron chi connectivity index (χ2n) is 2.87. The molecular formula is C7H2ClF4N3. The number of rotatable bonds is 1. The van der Waals surface area contributed by atoms with Crippen molar-refractivity contribution >= 4 is 11.6 Å². The number of aromatic nitrogens is 1. The van der Waals surface area contributed by atoms with Gasteiger partial charge in [0, 0.05) is 11.8 Å². The summed E-state index contributed by atoms with van der Waals surface area (Å²) in [6, 6.07) is 0.628. The number of alkyl halides is 3. The Balaban J connectivity index is 2.43. The quantitative estimate of drug-likeness (QED) is 0.548. The van der Waals surface area contributed by atoms with Crippen molar-refractivity contribution in [2.75, 3.05) is 0 Å². The lowest BCUT2D eigenvalue weighted by Crippen LogP contribution is -2.30. The van der Waals surface area contributed by atoms with Crippen LogP contribution in [0.3, 0.4) is 0 Å². The minimum absolute atomic E-state index is 0.475. The van der Waals surface area contributed by atoms with E-state index in [1.807, 2.05) is 0 Å². The molecule has 3 nitrogen and oxygen atoms in total. The molecule has 0 saturated heterocycles. The number of pyridine rings is 1. The molecule has 1 aromatic rings. The molecule has 1 aliphatic heterocycles. The predicted octanol–water partition coefficient (Wildman–Crippen LogP) is 3.06. The van der Waals surface area contributed by atoms with Crippen molar-refractivity contribution in [3.63, 3.8) is 0 Å². The lowest BCUT2D eigenvalue weighted by Gasteiger charge is -2.14. The van der Waals surface area contributed by atoms with E-state index >= 15 is 0 Å². The first-order valence-electron chi connectivity index (χ1n) is 3.69. The standard InChI is InChI=1S/C7H2ClF4N3/c8-5-4(9)1-3(2-13-5)6(14-15-6)7(10,11)12/h1-2H. The summed E-state index contributed by atoms with van der Waals surface area (Å²) >= 11 is 5.24. The summed E-state index contributed by atoms with van der Waals surface area (Å²) in [6.45, 7) is 0. The number of hydrogen-bond acceptors (Lipinski definition) is 3. The summed E-state index contributed by atoms with van der Waals surface area (Å²) in [4.78, 5) is 3.27. The van der Waals surface area contributed by atoms with Gasteiger partial charge in [-0.25, -0.2) is 9.37 Å². The van der Waals surface area contributed by atoms with Crippen LogP contribution >= 0.6 is 11.6 Å². The molecule has 0 atom stereocenters. The number of hydrogen-bond donors (Lipinski definition) is 0. The molecule has 0 N–H and O–H groups in total. The molecule has 0 fully saturated rings. The van der Waals surface area contributed by atoms with Crippen LogP contribution in [0.1, 0.15) is 5.56 Å². The van der Waals surface area contributed by atoms with E-state index in [1.165, 1.54) is 0 Å². The number of nitrogens with zero attached hydrogens (tertiary/aromatic N) is 3. The van der Waals surface area contributed by atoms with Crippen molar-refractivity contribution in [2.45, 2.75) is 11.8 Å². The van der Waals surface area contributed by atoms with Gasteiger partial charge in [-0.1, -0.05) is 11.6 Å². The average Bonchev–Trinajstić information content (AvgIpc) is 2.88. The Kier molecular flexibility index (Phi) is 1.97. The van der Waals surface area contributed by atoms with Gasteiger partial charge in [0.25, 0.3) is 0 Å². The largest absolute Gasteiger partial charge is 0.442 e. The van der Waals surface area contributed by atoms with Crippen LogP contribution in [0.5, 0.6) is 0 Å². The highest BCUT2D eigenvalue weighted by Gasteiger charge is 2.65. The smallest absolute Gasteiger partial charge is 0.241 e. The maximum atomic E-state index is 12.9. The van der Waals surface area contributed by atoms with Crippen molar-refractivity contribution < 1.29 is 17.6 Å². The summed E-state index contributed by atoms with van der Waals surface area (Å²) in [5.74, 6) is -1.03. The van der Waals surface area contributed by atoms with Crippen LogP contribution in [-0.4, -0.2) is 11.2 Å². The van der Waals surface area contributed by atoms with Crippen molar-refractivity contribution in [1.82, 2.24) is 4.98 Å². The minimum atomic E-state index is -4.69. The van der Waals surface area contributed by atoms with Gasteiger partial charge in [-0.05, 0) is 6.07 Å². The fourth-order valence-corrected chi connectivity index (χ4v) is 1.16. The van der Waals surface area contributed by atoms with Crippen molar-refractivity contribution in [1.29, 1.82) is 0 Å². The fraction of sp³-hybridized carbons (Fsp3) is 0.286. The van der Waals surface area contributed by atoms with E-state index in [2.05, 4.69) is 15.2 Å². The molecule has 0 bridgehead atoms. The second kappa shape index (κ2) is 2.88. The third kappa shape index (κ3) is 1.46. The van der Waals surface area contributed by atoms with Crippen LogP contribution in [0, 0.1) is 5.82 Å². The highest BCUT2D eigenvalue weighted by Crippen LogP contribution is 2.52. The van der Waals surface area contributed by atoms with Gasteiger partial charge in [-0.15, -0.1) is 10.2 Å². The lowest BCUT2D eigenvalue weighted by atomic mass is 10.1. The molecule has 0 aliphatic carbocycles. The van der Waals surface area contributed by atoms with Gasteiger partial charge in [-0.3, -0.25) is 0 Å². The van der Waals surface area contributed by atoms with Crippen LogP contribution in [0.25, 0.3) is 0 Å². The maximum Gasteiger partial charge on any atom is 0.442 e. The summed E-state index contributed by atoms with van der Waals surface area (Å²) in [5, 5.41) is 5.30. The summed E-state index contributed by atoms with van der Waals surface area (Å²) < 4.78 is 50.2. The molecule has 2 heterocycles. The van der Waals surface area contributed by atoms with Gasteiger partial charge in [0.15, 0.2) is 11.0 Å². The normalized spacial score (nSPS) is 17.9. The van der Waals surface area contributed by atoms with Crippen molar-refractivity contribution in [2.24, 2.45) is 10.2 Å². The summed E-state index contributed by atoms with van der Waals surface area (Å²) in [5.41, 5.74) is -3.12. The third-order valence-electron chi connectivity index (χ3n) is 1.89. The van der Waals surface area contributed by atoms with Crippen LogP contribution in [-0.2, 0) is 5.66 Å². The molecule has 1 aliphatic rings. The van der Waals surface area contributed by atoms with Gasteiger partial charge < -0.3 is 0 Å². The predicted molar refractivity (Wildman–Crippen MR) is 41.8 cm³/mol. The Morgan fingerprint density at radius 3 is 2.27 bits per heavy atom. The first-order chi connectivity index (χ1) is 6.87. The Morgan fingerprint density at radius 2 is 1.87 bits per heavy atom. The first kappa shape index (κ1) is 10.3. The monoisotopic (exact) mass is 239 g/mol. The van der Waals surface area contributed by atoms with E-state index in [0.717, 1.165) is 6.20 Å². The molecule has 15 heavy (non-hydrogen) atoms. The molecular weight excluding hydrogens is 238 g/mol. The van der Waals surface area contributed by atoms with E-state index in [0.29, 0.717) is 6.07 Å². The molecule has 8 heteroatoms. The maximum absolute atomic E-state index is 12.9. The van der Waals surface area contributed by atoms with Gasteiger partial charge in [0.1, 0.15) is 0 Å². The van der Waals surface area contributed by atoms with Crippen LogP contribution in [0.15, 0.2) is 22.5 Å². The summed E-state index contributed by atoms with van der Waals surface area (Å²) in [6.07, 6.45) is -3.88. The van der Waals surface area contributed by atoms with Crippen molar-refractivity contribution in [3.05, 3.63) is 28.8 Å². The summed E-state index contributed by atoms with van der Waals surface area (Å²) in [7, 11) is 0. The molecule has 0 spiro atoms. The van der Waals surface area contributed by atoms with Gasteiger partial charge in [0.2, 0.25) is 0 Å². The highest BCUT2D eigenvalue weighted by atomic mass is 35.5. The first-order valence-corrected chi connectivity index (χ1v) is 4.07. The van der Waals surface area contributed by atoms with Crippen LogP contribution in [0.2, 0.25) is 5.15 Å². The molecule has 80 valence electrons. The molecule has 0 unspecified atom stereocenters. The molecule has 0 amide bonds. The molecule has 0 saturated carbocycles. The highest BCUT2D eigenvalue weighted by molar-refractivity contribution is 6.29. The zero-order valence-electron chi connectivity index (χ0n) is 6.89. The Bertz CT molecular complexity index is 436. The SMILES string of the molecule is Fc1cc(C2(C(F)(F)F)N=N2)cnc1Cl. The lowest BCUT2D eigenvalue weighted by molar-refractivity contribution is -0.166. The van der Waals surface area contributed by atoms with E-state index < -0.39 is 28.4 Å². The Hall–Kier alpha value is -1.24. The van der Waals surface area contributed by atoms with E-state index in [-0.39, 0.29) is 0 Å². The zero-order chi connectivity index (χ0) is 11.3. The average molecular weight is 240 g/mol.